The Bertz CT molecular complexity index is 928. The monoisotopic (exact) mass is 398 g/mol. The Balaban J connectivity index is 1.47. The number of carbonyl (C=O) groups is 3. The van der Waals surface area contributed by atoms with Crippen molar-refractivity contribution in [1.82, 2.24) is 0 Å². The fraction of sp³-hybridized carbons (Fsp3) is 0.609. The third-order valence-corrected chi connectivity index (χ3v) is 8.45. The number of Topliss-reactive ketones (excluding diaryl/α,β-unsaturated/α-hetero) is 1. The first kappa shape index (κ1) is 18.9. The molecule has 5 rings (SSSR count). The number of ether oxygens (including phenoxy) is 1. The van der Waals surface area contributed by atoms with Gasteiger partial charge in [-0.3, -0.25) is 14.4 Å². The van der Waals surface area contributed by atoms with E-state index in [0.717, 1.165) is 24.8 Å². The van der Waals surface area contributed by atoms with Crippen LogP contribution in [0.1, 0.15) is 46.0 Å². The zero-order chi connectivity index (χ0) is 20.8. The van der Waals surface area contributed by atoms with Crippen molar-refractivity contribution in [2.24, 2.45) is 22.7 Å². The predicted molar refractivity (Wildman–Crippen MR) is 103 cm³/mol. The lowest BCUT2D eigenvalue weighted by Crippen LogP contribution is -2.56. The third-order valence-electron chi connectivity index (χ3n) is 8.45. The first-order valence-corrected chi connectivity index (χ1v) is 10.4. The van der Waals surface area contributed by atoms with E-state index in [-0.39, 0.29) is 34.7 Å². The standard InChI is InChI=1S/C23H26O6/c1-21-11-18-23(29-18)15(4-3-12-9-13(24)7-8-22(12,23)2)14(21)5-6-16(21)20(28)17(25)10-19(26)27/h6-9,14-15,17-18,25H,3-5,10-11H2,1-2H3,(H,26,27)/t14-,15-,17?,18-,21-,22-,23+/m0/s1. The van der Waals surface area contributed by atoms with Crippen molar-refractivity contribution in [2.75, 3.05) is 0 Å². The van der Waals surface area contributed by atoms with Gasteiger partial charge in [-0.05, 0) is 56.6 Å². The number of rotatable bonds is 4. The molecule has 1 aliphatic heterocycles. The molecule has 0 aromatic carbocycles. The number of carbonyl (C=O) groups excluding carboxylic acids is 2. The van der Waals surface area contributed by atoms with Crippen molar-refractivity contribution in [3.63, 3.8) is 0 Å². The van der Waals surface area contributed by atoms with E-state index in [0.29, 0.717) is 12.0 Å². The van der Waals surface area contributed by atoms with Crippen LogP contribution in [0.5, 0.6) is 0 Å². The Morgan fingerprint density at radius 2 is 2.07 bits per heavy atom. The number of aliphatic carboxylic acids is 1. The largest absolute Gasteiger partial charge is 0.481 e. The zero-order valence-corrected chi connectivity index (χ0v) is 16.7. The van der Waals surface area contributed by atoms with Gasteiger partial charge in [-0.1, -0.05) is 24.6 Å². The molecule has 0 aromatic heterocycles. The van der Waals surface area contributed by atoms with Crippen LogP contribution in [0.4, 0.5) is 0 Å². The average Bonchev–Trinajstić information content (AvgIpc) is 3.26. The summed E-state index contributed by atoms with van der Waals surface area (Å²) in [6, 6.07) is 0. The molecule has 1 heterocycles. The minimum Gasteiger partial charge on any atom is -0.481 e. The first-order valence-electron chi connectivity index (χ1n) is 10.4. The van der Waals surface area contributed by atoms with Gasteiger partial charge in [0.15, 0.2) is 11.6 Å². The SMILES string of the molecule is C[C@]12C=CC(=O)C=C1CC[C@H]1[C@@H]3CC=C(C(=O)C(O)CC(=O)O)[C@@]3(C)C[C@@H]3O[C@@]312. The second kappa shape index (κ2) is 5.76. The maximum Gasteiger partial charge on any atom is 0.306 e. The van der Waals surface area contributed by atoms with Gasteiger partial charge in [-0.2, -0.15) is 0 Å². The normalized spacial score (nSPS) is 45.2. The summed E-state index contributed by atoms with van der Waals surface area (Å²) < 4.78 is 6.43. The summed E-state index contributed by atoms with van der Waals surface area (Å²) in [5.41, 5.74) is 0.667. The third kappa shape index (κ3) is 2.27. The predicted octanol–water partition coefficient (Wildman–Crippen LogP) is 2.37. The van der Waals surface area contributed by atoms with Gasteiger partial charge in [0.25, 0.3) is 0 Å². The summed E-state index contributed by atoms with van der Waals surface area (Å²) >= 11 is 0. The molecule has 4 aliphatic carbocycles. The van der Waals surface area contributed by atoms with E-state index in [1.807, 2.05) is 12.2 Å². The molecule has 0 radical (unpaired) electrons. The molecule has 1 spiro atoms. The lowest BCUT2D eigenvalue weighted by atomic mass is 9.47. The maximum atomic E-state index is 12.9. The highest BCUT2D eigenvalue weighted by Crippen LogP contribution is 2.74. The van der Waals surface area contributed by atoms with Crippen molar-refractivity contribution >= 4 is 17.5 Å². The molecule has 2 saturated carbocycles. The van der Waals surface area contributed by atoms with Crippen LogP contribution in [-0.2, 0) is 19.1 Å². The van der Waals surface area contributed by atoms with Crippen LogP contribution in [0.25, 0.3) is 0 Å². The van der Waals surface area contributed by atoms with E-state index in [4.69, 9.17) is 9.84 Å². The molecule has 6 nitrogen and oxygen atoms in total. The summed E-state index contributed by atoms with van der Waals surface area (Å²) in [6.07, 6.45) is 8.42. The van der Waals surface area contributed by atoms with Crippen LogP contribution in [0.3, 0.4) is 0 Å². The van der Waals surface area contributed by atoms with Gasteiger partial charge in [0, 0.05) is 16.4 Å². The first-order chi connectivity index (χ1) is 13.6. The Kier molecular flexibility index (Phi) is 3.76. The number of ketones is 2. The Morgan fingerprint density at radius 1 is 1.31 bits per heavy atom. The number of fused-ring (bicyclic) bond motifs is 3. The van der Waals surface area contributed by atoms with Crippen LogP contribution >= 0.6 is 0 Å². The molecule has 0 amide bonds. The van der Waals surface area contributed by atoms with E-state index in [1.165, 1.54) is 0 Å². The molecule has 29 heavy (non-hydrogen) atoms. The molecule has 154 valence electrons. The molecule has 7 atom stereocenters. The second-order valence-electron chi connectivity index (χ2n) is 9.71. The number of hydrogen-bond acceptors (Lipinski definition) is 5. The highest BCUT2D eigenvalue weighted by molar-refractivity contribution is 6.02. The van der Waals surface area contributed by atoms with Crippen LogP contribution in [0.2, 0.25) is 0 Å². The van der Waals surface area contributed by atoms with Crippen LogP contribution < -0.4 is 0 Å². The molecule has 6 heteroatoms. The number of carboxylic acids is 1. The summed E-state index contributed by atoms with van der Waals surface area (Å²) in [4.78, 5) is 35.7. The molecule has 2 N–H and O–H groups in total. The molecule has 1 unspecified atom stereocenters. The van der Waals surface area contributed by atoms with Gasteiger partial charge in [-0.25, -0.2) is 0 Å². The fourth-order valence-electron chi connectivity index (χ4n) is 7.04. The molecule has 3 fully saturated rings. The van der Waals surface area contributed by atoms with E-state index >= 15 is 0 Å². The van der Waals surface area contributed by atoms with Crippen LogP contribution in [0, 0.1) is 22.7 Å². The molecule has 5 aliphatic rings. The van der Waals surface area contributed by atoms with Crippen molar-refractivity contribution in [3.8, 4) is 0 Å². The molecular weight excluding hydrogens is 372 g/mol. The van der Waals surface area contributed by atoms with Gasteiger partial charge >= 0.3 is 5.97 Å². The number of aliphatic hydroxyl groups is 1. The fourth-order valence-corrected chi connectivity index (χ4v) is 7.04. The van der Waals surface area contributed by atoms with Gasteiger partial charge < -0.3 is 14.9 Å². The number of epoxide rings is 1. The summed E-state index contributed by atoms with van der Waals surface area (Å²) in [6.45, 7) is 4.24. The van der Waals surface area contributed by atoms with Crippen LogP contribution in [0.15, 0.2) is 35.5 Å². The lowest BCUT2D eigenvalue weighted by Gasteiger charge is -2.54. The van der Waals surface area contributed by atoms with Crippen molar-refractivity contribution in [1.29, 1.82) is 0 Å². The maximum absolute atomic E-state index is 12.9. The van der Waals surface area contributed by atoms with E-state index in [2.05, 4.69) is 13.8 Å². The molecular formula is C23H26O6. The van der Waals surface area contributed by atoms with Gasteiger partial charge in [0.05, 0.1) is 12.5 Å². The van der Waals surface area contributed by atoms with Crippen LogP contribution in [-0.4, -0.2) is 45.6 Å². The quantitative estimate of drug-likeness (QED) is 0.705. The smallest absolute Gasteiger partial charge is 0.306 e. The topological polar surface area (TPSA) is 104 Å². The van der Waals surface area contributed by atoms with Crippen molar-refractivity contribution < 1.29 is 29.3 Å². The van der Waals surface area contributed by atoms with E-state index in [9.17, 15) is 19.5 Å². The van der Waals surface area contributed by atoms with E-state index in [1.54, 1.807) is 12.2 Å². The Labute approximate surface area is 169 Å². The number of hydrogen-bond donors (Lipinski definition) is 2. The molecule has 0 bridgehead atoms. The van der Waals surface area contributed by atoms with Gasteiger partial charge in [-0.15, -0.1) is 0 Å². The van der Waals surface area contributed by atoms with Gasteiger partial charge in [0.2, 0.25) is 0 Å². The molecule has 0 aromatic rings. The Morgan fingerprint density at radius 3 is 2.79 bits per heavy atom. The zero-order valence-electron chi connectivity index (χ0n) is 16.7. The number of aliphatic hydroxyl groups excluding tert-OH is 1. The average molecular weight is 398 g/mol. The van der Waals surface area contributed by atoms with E-state index < -0.39 is 29.7 Å². The molecule has 1 saturated heterocycles. The minimum absolute atomic E-state index is 0.00813. The van der Waals surface area contributed by atoms with Gasteiger partial charge in [0.1, 0.15) is 11.7 Å². The van der Waals surface area contributed by atoms with Crippen molar-refractivity contribution in [3.05, 3.63) is 35.5 Å². The lowest BCUT2D eigenvalue weighted by molar-refractivity contribution is -0.142. The summed E-state index contributed by atoms with van der Waals surface area (Å²) in [5.74, 6) is -1.15. The minimum atomic E-state index is -1.51. The second-order valence-corrected chi connectivity index (χ2v) is 9.71. The number of carboxylic acid groups (broad SMARTS) is 1. The number of allylic oxidation sites excluding steroid dienone is 3. The van der Waals surface area contributed by atoms with Crippen molar-refractivity contribution in [2.45, 2.75) is 63.8 Å². The summed E-state index contributed by atoms with van der Waals surface area (Å²) in [7, 11) is 0. The highest BCUT2D eigenvalue weighted by atomic mass is 16.6. The summed E-state index contributed by atoms with van der Waals surface area (Å²) in [5, 5.41) is 19.1. The highest BCUT2D eigenvalue weighted by Gasteiger charge is 2.78. The Hall–Kier alpha value is -2.05.